The largest absolute Gasteiger partial charge is 0.396 e. The van der Waals surface area contributed by atoms with Gasteiger partial charge in [0.2, 0.25) is 5.91 Å². The van der Waals surface area contributed by atoms with Crippen molar-refractivity contribution in [2.45, 2.75) is 90.4 Å². The fourth-order valence-electron chi connectivity index (χ4n) is 2.38. The van der Waals surface area contributed by atoms with Crippen LogP contribution in [0.1, 0.15) is 90.4 Å². The molecule has 0 rings (SSSR count). The van der Waals surface area contributed by atoms with Crippen LogP contribution in [0.4, 0.5) is 0 Å². The van der Waals surface area contributed by atoms with E-state index in [4.69, 9.17) is 5.11 Å². The minimum atomic E-state index is -0.0513. The zero-order valence-corrected chi connectivity index (χ0v) is 13.5. The highest BCUT2D eigenvalue weighted by atomic mass is 16.3. The molecule has 0 saturated heterocycles. The van der Waals surface area contributed by atoms with E-state index in [9.17, 15) is 4.79 Å². The summed E-state index contributed by atoms with van der Waals surface area (Å²) in [6, 6.07) is 0. The monoisotopic (exact) mass is 285 g/mol. The quantitative estimate of drug-likeness (QED) is 0.443. The molecule has 2 N–H and O–H groups in total. The molecule has 0 saturated carbocycles. The van der Waals surface area contributed by atoms with Gasteiger partial charge in [-0.05, 0) is 6.42 Å². The molecule has 0 aliphatic rings. The van der Waals surface area contributed by atoms with Gasteiger partial charge in [0, 0.05) is 13.0 Å². The first kappa shape index (κ1) is 19.4. The lowest BCUT2D eigenvalue weighted by Crippen LogP contribution is -2.24. The Balaban J connectivity index is 3.01. The third-order valence-electron chi connectivity index (χ3n) is 3.69. The van der Waals surface area contributed by atoms with Crippen LogP contribution < -0.4 is 5.32 Å². The van der Waals surface area contributed by atoms with Crippen molar-refractivity contribution in [3.05, 3.63) is 0 Å². The van der Waals surface area contributed by atoms with Gasteiger partial charge < -0.3 is 10.4 Å². The van der Waals surface area contributed by atoms with Crippen LogP contribution in [0, 0.1) is 0 Å². The zero-order chi connectivity index (χ0) is 14.9. The second-order valence-corrected chi connectivity index (χ2v) is 5.71. The van der Waals surface area contributed by atoms with E-state index in [1.807, 2.05) is 0 Å². The highest BCUT2D eigenvalue weighted by Gasteiger charge is 1.98. The van der Waals surface area contributed by atoms with Gasteiger partial charge in [0.15, 0.2) is 0 Å². The molecule has 0 aliphatic carbocycles. The summed E-state index contributed by atoms with van der Waals surface area (Å²) in [5.74, 6) is -0.0319. The Morgan fingerprint density at radius 1 is 0.800 bits per heavy atom. The first-order valence-corrected chi connectivity index (χ1v) is 8.68. The lowest BCUT2D eigenvalue weighted by atomic mass is 10.1. The first-order valence-electron chi connectivity index (χ1n) is 8.68. The minimum absolute atomic E-state index is 0.0319. The van der Waals surface area contributed by atoms with Crippen molar-refractivity contribution < 1.29 is 9.90 Å². The Morgan fingerprint density at radius 3 is 1.70 bits per heavy atom. The van der Waals surface area contributed by atoms with E-state index < -0.39 is 0 Å². The summed E-state index contributed by atoms with van der Waals surface area (Å²) >= 11 is 0. The molecular formula is C17H35NO2. The predicted molar refractivity (Wildman–Crippen MR) is 85.8 cm³/mol. The normalized spacial score (nSPS) is 10.7. The summed E-state index contributed by atoms with van der Waals surface area (Å²) in [7, 11) is 0. The van der Waals surface area contributed by atoms with Gasteiger partial charge in [-0.3, -0.25) is 4.79 Å². The lowest BCUT2D eigenvalue weighted by molar-refractivity contribution is -0.121. The van der Waals surface area contributed by atoms with Crippen molar-refractivity contribution in [2.75, 3.05) is 13.2 Å². The molecule has 1 amide bonds. The Bertz CT molecular complexity index is 207. The summed E-state index contributed by atoms with van der Waals surface area (Å²) in [5.41, 5.74) is 0. The van der Waals surface area contributed by atoms with Crippen molar-refractivity contribution in [1.29, 1.82) is 0 Å². The predicted octanol–water partition coefficient (Wildman–Crippen LogP) is 4.19. The fraction of sp³-hybridized carbons (Fsp3) is 0.941. The van der Waals surface area contributed by atoms with E-state index in [0.717, 1.165) is 13.0 Å². The highest BCUT2D eigenvalue weighted by Crippen LogP contribution is 2.11. The summed E-state index contributed by atoms with van der Waals surface area (Å²) in [4.78, 5) is 11.1. The zero-order valence-electron chi connectivity index (χ0n) is 13.5. The van der Waals surface area contributed by atoms with Crippen LogP contribution in [0.25, 0.3) is 0 Å². The molecule has 3 heteroatoms. The Labute approximate surface area is 125 Å². The van der Waals surface area contributed by atoms with E-state index in [0.29, 0.717) is 0 Å². The van der Waals surface area contributed by atoms with Gasteiger partial charge in [0.1, 0.15) is 0 Å². The Morgan fingerprint density at radius 2 is 1.25 bits per heavy atom. The minimum Gasteiger partial charge on any atom is -0.396 e. The van der Waals surface area contributed by atoms with Crippen molar-refractivity contribution in [3.8, 4) is 0 Å². The molecule has 3 nitrogen and oxygen atoms in total. The van der Waals surface area contributed by atoms with Gasteiger partial charge in [-0.15, -0.1) is 0 Å². The lowest BCUT2D eigenvalue weighted by Gasteiger charge is -2.04. The highest BCUT2D eigenvalue weighted by molar-refractivity contribution is 5.75. The maximum atomic E-state index is 11.1. The van der Waals surface area contributed by atoms with Gasteiger partial charge in [0.25, 0.3) is 0 Å². The molecule has 0 aromatic heterocycles. The number of rotatable bonds is 15. The molecule has 0 fully saturated rings. The van der Waals surface area contributed by atoms with Gasteiger partial charge in [0.05, 0.1) is 6.61 Å². The third kappa shape index (κ3) is 15.5. The van der Waals surface area contributed by atoms with Crippen LogP contribution in [0.15, 0.2) is 0 Å². The topological polar surface area (TPSA) is 49.3 Å². The molecule has 0 bridgehead atoms. The number of aliphatic hydroxyl groups excluding tert-OH is 1. The van der Waals surface area contributed by atoms with E-state index in [1.165, 1.54) is 70.6 Å². The average Bonchev–Trinajstić information content (AvgIpc) is 2.44. The van der Waals surface area contributed by atoms with Crippen molar-refractivity contribution >= 4 is 5.91 Å². The van der Waals surface area contributed by atoms with E-state index >= 15 is 0 Å². The molecule has 0 aromatic carbocycles. The molecule has 0 spiro atoms. The number of amides is 1. The van der Waals surface area contributed by atoms with Crippen molar-refractivity contribution in [2.24, 2.45) is 0 Å². The van der Waals surface area contributed by atoms with Gasteiger partial charge in [-0.2, -0.15) is 0 Å². The molecule has 0 radical (unpaired) electrons. The fourth-order valence-corrected chi connectivity index (χ4v) is 2.38. The summed E-state index contributed by atoms with van der Waals surface area (Å²) < 4.78 is 0. The maximum Gasteiger partial charge on any atom is 0.222 e. The third-order valence-corrected chi connectivity index (χ3v) is 3.69. The number of aliphatic hydroxyl groups is 1. The second-order valence-electron chi connectivity index (χ2n) is 5.71. The number of hydrogen-bond acceptors (Lipinski definition) is 2. The summed E-state index contributed by atoms with van der Waals surface area (Å²) in [6.07, 6.45) is 16.3. The van der Waals surface area contributed by atoms with Crippen molar-refractivity contribution in [3.63, 3.8) is 0 Å². The van der Waals surface area contributed by atoms with Gasteiger partial charge >= 0.3 is 0 Å². The molecule has 0 unspecified atom stereocenters. The summed E-state index contributed by atoms with van der Waals surface area (Å²) in [6.45, 7) is 2.97. The Kier molecular flexibility index (Phi) is 16.0. The smallest absolute Gasteiger partial charge is 0.222 e. The van der Waals surface area contributed by atoms with Crippen LogP contribution in [0.2, 0.25) is 0 Å². The average molecular weight is 285 g/mol. The molecule has 0 aliphatic heterocycles. The van der Waals surface area contributed by atoms with E-state index in [2.05, 4.69) is 12.2 Å². The molecule has 0 aromatic rings. The number of carbonyl (C=O) groups is 1. The maximum absolute atomic E-state index is 11.1. The van der Waals surface area contributed by atoms with Crippen LogP contribution >= 0.6 is 0 Å². The number of nitrogens with one attached hydrogen (secondary N) is 1. The molecule has 120 valence electrons. The van der Waals surface area contributed by atoms with E-state index in [1.54, 1.807) is 0 Å². The molecule has 0 atom stereocenters. The number of unbranched alkanes of at least 4 members (excludes halogenated alkanes) is 11. The van der Waals surface area contributed by atoms with Crippen LogP contribution in [0.5, 0.6) is 0 Å². The van der Waals surface area contributed by atoms with Crippen LogP contribution in [0.3, 0.4) is 0 Å². The van der Waals surface area contributed by atoms with E-state index in [-0.39, 0.29) is 18.9 Å². The van der Waals surface area contributed by atoms with Crippen LogP contribution in [-0.4, -0.2) is 24.2 Å². The molecule has 0 heterocycles. The first-order chi connectivity index (χ1) is 9.81. The Hall–Kier alpha value is -0.570. The summed E-state index contributed by atoms with van der Waals surface area (Å²) in [5, 5.41) is 11.4. The standard InChI is InChI=1S/C17H35NO2/c1-2-3-4-5-6-7-8-9-10-11-12-13-15-18-17(20)14-16-19/h19H,2-16H2,1H3,(H,18,20). The van der Waals surface area contributed by atoms with Crippen LogP contribution in [-0.2, 0) is 4.79 Å². The SMILES string of the molecule is CCCCCCCCCCCCCCNC(=O)CCO. The molecule has 20 heavy (non-hydrogen) atoms. The van der Waals surface area contributed by atoms with Gasteiger partial charge in [-0.1, -0.05) is 77.6 Å². The number of carbonyl (C=O) groups excluding carboxylic acids is 1. The van der Waals surface area contributed by atoms with Gasteiger partial charge in [-0.25, -0.2) is 0 Å². The van der Waals surface area contributed by atoms with Crippen molar-refractivity contribution in [1.82, 2.24) is 5.32 Å². The second kappa shape index (κ2) is 16.5. The molecular weight excluding hydrogens is 250 g/mol. The number of hydrogen-bond donors (Lipinski definition) is 2.